The van der Waals surface area contributed by atoms with Gasteiger partial charge >= 0.3 is 0 Å². The Morgan fingerprint density at radius 1 is 0.917 bits per heavy atom. The number of carbonyl (C=O) groups excluding carboxylic acids is 2. The Hall–Kier alpha value is -0.660. The van der Waals surface area contributed by atoms with Crippen LogP contribution in [0.5, 0.6) is 0 Å². The minimum Gasteiger partial charge on any atom is -0.300 e. The minimum absolute atomic E-state index is 0.167. The van der Waals surface area contributed by atoms with Crippen LogP contribution in [0, 0.1) is 0 Å². The summed E-state index contributed by atoms with van der Waals surface area (Å²) in [5.74, 6) is 0.421. The summed E-state index contributed by atoms with van der Waals surface area (Å²) in [6.07, 6.45) is 1.92. The third kappa shape index (κ3) is 362. The molecule has 0 bridgehead atoms. The molecule has 0 amide bonds. The molecule has 0 rings (SSSR count). The van der Waals surface area contributed by atoms with E-state index in [0.29, 0.717) is 6.42 Å². The Bertz CT molecular complexity index is 102. The maximum atomic E-state index is 9.81. The zero-order chi connectivity index (χ0) is 10.6. The predicted octanol–water partition coefficient (Wildman–Crippen LogP) is 3.00. The second-order valence-electron chi connectivity index (χ2n) is 2.67. The van der Waals surface area contributed by atoms with Gasteiger partial charge in [-0.05, 0) is 20.8 Å². The molecule has 0 saturated heterocycles. The second kappa shape index (κ2) is 16.7. The molecule has 0 atom stereocenters. The van der Waals surface area contributed by atoms with Crippen molar-refractivity contribution < 1.29 is 9.59 Å². The zero-order valence-corrected chi connectivity index (χ0v) is 9.23. The van der Waals surface area contributed by atoms with Crippen LogP contribution in [0.15, 0.2) is 0 Å². The van der Waals surface area contributed by atoms with Crippen molar-refractivity contribution >= 4 is 11.6 Å². The van der Waals surface area contributed by atoms with Gasteiger partial charge in [0.15, 0.2) is 0 Å². The van der Waals surface area contributed by atoms with Crippen molar-refractivity contribution in [3.63, 3.8) is 0 Å². The first-order valence-corrected chi connectivity index (χ1v) is 4.38. The van der Waals surface area contributed by atoms with E-state index < -0.39 is 0 Å². The molecule has 0 spiro atoms. The molecular formula is C10H22O2. The number of hydrogen-bond acceptors (Lipinski definition) is 2. The van der Waals surface area contributed by atoms with Gasteiger partial charge < -0.3 is 9.59 Å². The van der Waals surface area contributed by atoms with Gasteiger partial charge in [-0.3, -0.25) is 0 Å². The molecule has 0 heterocycles. The summed E-state index contributed by atoms with van der Waals surface area (Å²) >= 11 is 0. The van der Waals surface area contributed by atoms with E-state index in [1.807, 2.05) is 6.92 Å². The van der Waals surface area contributed by atoms with Gasteiger partial charge in [0.05, 0.1) is 0 Å². The van der Waals surface area contributed by atoms with Crippen molar-refractivity contribution in [2.75, 3.05) is 0 Å². The summed E-state index contributed by atoms with van der Waals surface area (Å²) < 4.78 is 0. The highest BCUT2D eigenvalue weighted by molar-refractivity contribution is 5.74. The second-order valence-corrected chi connectivity index (χ2v) is 2.67. The Morgan fingerprint density at radius 3 is 1.00 bits per heavy atom. The van der Waals surface area contributed by atoms with E-state index in [0.717, 1.165) is 0 Å². The Morgan fingerprint density at radius 2 is 1.00 bits per heavy atom. The maximum Gasteiger partial charge on any atom is 0.129 e. The highest BCUT2D eigenvalue weighted by atomic mass is 16.1. The number of hydrogen-bond donors (Lipinski definition) is 0. The molecule has 0 fully saturated rings. The number of Topliss-reactive ketones (excluding diaryl/α,β-unsaturated/α-hetero) is 2. The Kier molecular flexibility index (Phi) is 24.3. The normalized spacial score (nSPS) is 6.83. The summed E-state index contributed by atoms with van der Waals surface area (Å²) in [6, 6.07) is 0. The lowest BCUT2D eigenvalue weighted by molar-refractivity contribution is -0.117. The summed E-state index contributed by atoms with van der Waals surface area (Å²) in [6.45, 7) is 10.7. The van der Waals surface area contributed by atoms with Gasteiger partial charge in [0.25, 0.3) is 0 Å². The van der Waals surface area contributed by atoms with E-state index in [2.05, 4.69) is 13.8 Å². The zero-order valence-electron chi connectivity index (χ0n) is 9.23. The first-order valence-electron chi connectivity index (χ1n) is 4.38. The fourth-order valence-electron chi connectivity index (χ4n) is 0. The van der Waals surface area contributed by atoms with Gasteiger partial charge in [-0.25, -0.2) is 0 Å². The fourth-order valence-corrected chi connectivity index (χ4v) is 0. The third-order valence-electron chi connectivity index (χ3n) is 0.498. The molecule has 2 heteroatoms. The summed E-state index contributed by atoms with van der Waals surface area (Å²) in [5.41, 5.74) is 0. The number of carbonyl (C=O) groups is 2. The van der Waals surface area contributed by atoms with Crippen molar-refractivity contribution in [2.45, 2.75) is 54.4 Å². The Balaban J connectivity index is -0.000000105. The van der Waals surface area contributed by atoms with Crippen LogP contribution in [0.1, 0.15) is 54.4 Å². The molecule has 0 aliphatic carbocycles. The molecule has 0 saturated carbocycles. The standard InChI is InChI=1S/C4H8O.C3H6O.C3H8/c1-3-4(2)5;1-3(2)4;1-3-2/h3H2,1-2H3;1-2H3;3H2,1-2H3. The highest BCUT2D eigenvalue weighted by Crippen LogP contribution is 1.71. The highest BCUT2D eigenvalue weighted by Gasteiger charge is 1.76. The molecule has 0 unspecified atom stereocenters. The first kappa shape index (κ1) is 17.4. The smallest absolute Gasteiger partial charge is 0.129 e. The topological polar surface area (TPSA) is 34.1 Å². The van der Waals surface area contributed by atoms with E-state index >= 15 is 0 Å². The van der Waals surface area contributed by atoms with Crippen molar-refractivity contribution in [2.24, 2.45) is 0 Å². The Labute approximate surface area is 76.4 Å². The van der Waals surface area contributed by atoms with Crippen molar-refractivity contribution in [3.05, 3.63) is 0 Å². The molecule has 0 aromatic rings. The molecule has 0 aliphatic rings. The van der Waals surface area contributed by atoms with Crippen LogP contribution in [0.25, 0.3) is 0 Å². The maximum absolute atomic E-state index is 9.81. The number of rotatable bonds is 1. The summed E-state index contributed by atoms with van der Waals surface area (Å²) in [4.78, 5) is 19.3. The molecular weight excluding hydrogens is 152 g/mol. The summed E-state index contributed by atoms with van der Waals surface area (Å²) in [7, 11) is 0. The average Bonchev–Trinajstić information content (AvgIpc) is 1.88. The van der Waals surface area contributed by atoms with E-state index in [-0.39, 0.29) is 11.6 Å². The molecule has 0 aromatic heterocycles. The summed E-state index contributed by atoms with van der Waals surface area (Å²) in [5, 5.41) is 0. The van der Waals surface area contributed by atoms with Crippen LogP contribution >= 0.6 is 0 Å². The van der Waals surface area contributed by atoms with Crippen LogP contribution in [0.4, 0.5) is 0 Å². The third-order valence-corrected chi connectivity index (χ3v) is 0.498. The van der Waals surface area contributed by atoms with Gasteiger partial charge in [-0.2, -0.15) is 0 Å². The van der Waals surface area contributed by atoms with Crippen LogP contribution in [0.2, 0.25) is 0 Å². The van der Waals surface area contributed by atoms with Crippen molar-refractivity contribution in [3.8, 4) is 0 Å². The van der Waals surface area contributed by atoms with E-state index in [4.69, 9.17) is 0 Å². The van der Waals surface area contributed by atoms with Crippen LogP contribution in [0.3, 0.4) is 0 Å². The van der Waals surface area contributed by atoms with E-state index in [9.17, 15) is 9.59 Å². The van der Waals surface area contributed by atoms with Gasteiger partial charge in [-0.1, -0.05) is 27.2 Å². The van der Waals surface area contributed by atoms with Crippen molar-refractivity contribution in [1.29, 1.82) is 0 Å². The molecule has 12 heavy (non-hydrogen) atoms. The minimum atomic E-state index is 0.167. The molecule has 0 aromatic carbocycles. The monoisotopic (exact) mass is 174 g/mol. The van der Waals surface area contributed by atoms with Crippen LogP contribution in [-0.2, 0) is 9.59 Å². The van der Waals surface area contributed by atoms with Gasteiger partial charge in [0, 0.05) is 6.42 Å². The lowest BCUT2D eigenvalue weighted by Gasteiger charge is -1.71. The van der Waals surface area contributed by atoms with E-state index in [1.165, 1.54) is 20.3 Å². The lowest BCUT2D eigenvalue weighted by Crippen LogP contribution is -1.80. The average molecular weight is 174 g/mol. The molecule has 0 N–H and O–H groups in total. The largest absolute Gasteiger partial charge is 0.300 e. The fraction of sp³-hybridized carbons (Fsp3) is 0.800. The molecule has 74 valence electrons. The molecule has 2 nitrogen and oxygen atoms in total. The van der Waals surface area contributed by atoms with Gasteiger partial charge in [0.2, 0.25) is 0 Å². The van der Waals surface area contributed by atoms with Crippen LogP contribution < -0.4 is 0 Å². The quantitative estimate of drug-likeness (QED) is 0.612. The van der Waals surface area contributed by atoms with Crippen LogP contribution in [-0.4, -0.2) is 11.6 Å². The van der Waals surface area contributed by atoms with E-state index in [1.54, 1.807) is 6.92 Å². The van der Waals surface area contributed by atoms with Gasteiger partial charge in [0.1, 0.15) is 11.6 Å². The predicted molar refractivity (Wildman–Crippen MR) is 53.3 cm³/mol. The SMILES string of the molecule is CC(C)=O.CCC.CCC(C)=O. The lowest BCUT2D eigenvalue weighted by atomic mass is 10.4. The van der Waals surface area contributed by atoms with Crippen molar-refractivity contribution in [1.82, 2.24) is 0 Å². The molecule has 0 radical (unpaired) electrons. The van der Waals surface area contributed by atoms with Gasteiger partial charge in [-0.15, -0.1) is 0 Å². The number of ketones is 2. The first-order chi connectivity index (χ1) is 5.42. The molecule has 0 aliphatic heterocycles.